The molecule has 0 aliphatic rings. The number of aromatic nitrogens is 3. The molecule has 6 nitrogen and oxygen atoms in total. The number of imidazole rings is 1. The topological polar surface area (TPSA) is 85.8 Å². The Balaban J connectivity index is 2.27. The Morgan fingerprint density at radius 2 is 2.35 bits per heavy atom. The van der Waals surface area contributed by atoms with Crippen LogP contribution in [0.5, 0.6) is 0 Å². The average Bonchev–Trinajstić information content (AvgIpc) is 2.86. The van der Waals surface area contributed by atoms with E-state index in [9.17, 15) is 4.79 Å². The molecule has 0 saturated carbocycles. The summed E-state index contributed by atoms with van der Waals surface area (Å²) < 4.78 is 1.80. The van der Waals surface area contributed by atoms with Crippen molar-refractivity contribution in [2.75, 3.05) is 5.32 Å². The molecule has 2 heterocycles. The van der Waals surface area contributed by atoms with E-state index in [-0.39, 0.29) is 5.91 Å². The number of rotatable bonds is 5. The van der Waals surface area contributed by atoms with E-state index in [1.807, 2.05) is 6.92 Å². The summed E-state index contributed by atoms with van der Waals surface area (Å²) in [5.74, 6) is 1.13. The predicted molar refractivity (Wildman–Crippen MR) is 77.5 cm³/mol. The summed E-state index contributed by atoms with van der Waals surface area (Å²) in [5, 5.41) is 2.79. The predicted octanol–water partition coefficient (Wildman–Crippen LogP) is 1.42. The molecule has 0 aliphatic heterocycles. The molecule has 2 rings (SSSR count). The molecule has 0 saturated heterocycles. The molecule has 104 valence electrons. The van der Waals surface area contributed by atoms with Crippen molar-refractivity contribution in [1.29, 1.82) is 0 Å². The largest absolute Gasteiger partial charge is 0.322 e. The maximum Gasteiger partial charge on any atom is 0.241 e. The Labute approximate surface area is 117 Å². The van der Waals surface area contributed by atoms with E-state index in [1.54, 1.807) is 41.4 Å². The fraction of sp³-hybridized carbons (Fsp3) is 0.214. The van der Waals surface area contributed by atoms with E-state index in [4.69, 9.17) is 5.73 Å². The monoisotopic (exact) mass is 271 g/mol. The Morgan fingerprint density at radius 3 is 3.00 bits per heavy atom. The molecule has 1 atom stereocenters. The molecule has 0 bridgehead atoms. The number of carbonyl (C=O) groups excluding carboxylic acids is 1. The number of amides is 1. The van der Waals surface area contributed by atoms with Gasteiger partial charge in [-0.1, -0.05) is 6.08 Å². The molecule has 0 radical (unpaired) electrons. The highest BCUT2D eigenvalue weighted by molar-refractivity contribution is 5.96. The number of hydrogen-bond donors (Lipinski definition) is 2. The fourth-order valence-corrected chi connectivity index (χ4v) is 1.80. The van der Waals surface area contributed by atoms with Crippen LogP contribution >= 0.6 is 0 Å². The second-order valence-corrected chi connectivity index (χ2v) is 4.34. The van der Waals surface area contributed by atoms with Gasteiger partial charge in [-0.05, 0) is 25.5 Å². The summed E-state index contributed by atoms with van der Waals surface area (Å²) in [6.45, 7) is 5.44. The highest BCUT2D eigenvalue weighted by atomic mass is 16.2. The number of hydrogen-bond acceptors (Lipinski definition) is 4. The van der Waals surface area contributed by atoms with Crippen LogP contribution < -0.4 is 11.1 Å². The Bertz CT molecular complexity index is 620. The van der Waals surface area contributed by atoms with Gasteiger partial charge in [-0.2, -0.15) is 0 Å². The number of nitrogens with zero attached hydrogens (tertiary/aromatic N) is 3. The molecule has 0 aromatic carbocycles. The van der Waals surface area contributed by atoms with Gasteiger partial charge in [0.2, 0.25) is 5.91 Å². The lowest BCUT2D eigenvalue weighted by atomic mass is 10.2. The van der Waals surface area contributed by atoms with E-state index in [0.717, 1.165) is 5.82 Å². The van der Waals surface area contributed by atoms with Crippen molar-refractivity contribution in [3.05, 3.63) is 49.2 Å². The van der Waals surface area contributed by atoms with Crippen LogP contribution in [0, 0.1) is 6.92 Å². The van der Waals surface area contributed by atoms with Gasteiger partial charge in [-0.25, -0.2) is 9.97 Å². The third-order valence-electron chi connectivity index (χ3n) is 2.86. The van der Waals surface area contributed by atoms with Crippen molar-refractivity contribution in [3.8, 4) is 5.82 Å². The van der Waals surface area contributed by atoms with Crippen LogP contribution in [0.15, 0.2) is 43.4 Å². The van der Waals surface area contributed by atoms with Gasteiger partial charge in [0.15, 0.2) is 5.82 Å². The maximum absolute atomic E-state index is 12.0. The number of carbonyl (C=O) groups is 1. The Hall–Kier alpha value is -2.47. The first-order valence-corrected chi connectivity index (χ1v) is 6.26. The molecule has 0 spiro atoms. The molecular formula is C14H17N5O. The number of pyridine rings is 1. The van der Waals surface area contributed by atoms with E-state index in [1.165, 1.54) is 0 Å². The number of nitrogens with one attached hydrogen (secondary N) is 1. The lowest BCUT2D eigenvalue weighted by molar-refractivity contribution is -0.117. The molecule has 1 unspecified atom stereocenters. The van der Waals surface area contributed by atoms with Crippen LogP contribution in [0.3, 0.4) is 0 Å². The first-order valence-electron chi connectivity index (χ1n) is 6.26. The molecule has 0 fully saturated rings. The second-order valence-electron chi connectivity index (χ2n) is 4.34. The number of nitrogens with two attached hydrogens (primary N) is 1. The molecule has 0 aliphatic carbocycles. The van der Waals surface area contributed by atoms with Crippen molar-refractivity contribution in [3.63, 3.8) is 0 Å². The van der Waals surface area contributed by atoms with Gasteiger partial charge in [0.25, 0.3) is 0 Å². The minimum absolute atomic E-state index is 0.267. The van der Waals surface area contributed by atoms with Gasteiger partial charge in [0.1, 0.15) is 5.82 Å². The Kier molecular flexibility index (Phi) is 4.27. The highest BCUT2D eigenvalue weighted by Gasteiger charge is 2.15. The van der Waals surface area contributed by atoms with Gasteiger partial charge < -0.3 is 11.1 Å². The standard InChI is InChI=1S/C14H17N5O/c1-3-5-11(15)14(20)18-12-6-4-7-17-13(12)19-9-8-16-10(19)2/h3-4,6-9,11H,1,5,15H2,2H3,(H,18,20). The quantitative estimate of drug-likeness (QED) is 0.805. The number of aryl methyl sites for hydroxylation is 1. The first kappa shape index (κ1) is 14.0. The maximum atomic E-state index is 12.0. The van der Waals surface area contributed by atoms with Gasteiger partial charge in [-0.15, -0.1) is 6.58 Å². The summed E-state index contributed by atoms with van der Waals surface area (Å²) in [7, 11) is 0. The van der Waals surface area contributed by atoms with Crippen LogP contribution in [-0.4, -0.2) is 26.5 Å². The lowest BCUT2D eigenvalue weighted by Crippen LogP contribution is -2.35. The molecule has 2 aromatic rings. The zero-order chi connectivity index (χ0) is 14.5. The SMILES string of the molecule is C=CCC(N)C(=O)Nc1cccnc1-n1ccnc1C. The van der Waals surface area contributed by atoms with E-state index in [2.05, 4.69) is 21.9 Å². The zero-order valence-electron chi connectivity index (χ0n) is 11.3. The van der Waals surface area contributed by atoms with Crippen LogP contribution in [0.2, 0.25) is 0 Å². The molecule has 3 N–H and O–H groups in total. The summed E-state index contributed by atoms with van der Waals surface area (Å²) in [6.07, 6.45) is 7.17. The third-order valence-corrected chi connectivity index (χ3v) is 2.86. The summed E-state index contributed by atoms with van der Waals surface area (Å²) in [6, 6.07) is 2.91. The highest BCUT2D eigenvalue weighted by Crippen LogP contribution is 2.18. The molecular weight excluding hydrogens is 254 g/mol. The van der Waals surface area contributed by atoms with E-state index in [0.29, 0.717) is 17.9 Å². The smallest absolute Gasteiger partial charge is 0.241 e. The van der Waals surface area contributed by atoms with Gasteiger partial charge in [-0.3, -0.25) is 9.36 Å². The summed E-state index contributed by atoms with van der Waals surface area (Å²) >= 11 is 0. The van der Waals surface area contributed by atoms with Crippen LogP contribution in [0.4, 0.5) is 5.69 Å². The van der Waals surface area contributed by atoms with E-state index < -0.39 is 6.04 Å². The van der Waals surface area contributed by atoms with Gasteiger partial charge in [0, 0.05) is 18.6 Å². The molecule has 6 heteroatoms. The van der Waals surface area contributed by atoms with Crippen molar-refractivity contribution >= 4 is 11.6 Å². The molecule has 2 aromatic heterocycles. The van der Waals surface area contributed by atoms with Crippen molar-refractivity contribution in [1.82, 2.24) is 14.5 Å². The second kappa shape index (κ2) is 6.12. The molecule has 20 heavy (non-hydrogen) atoms. The van der Waals surface area contributed by atoms with Crippen molar-refractivity contribution in [2.45, 2.75) is 19.4 Å². The minimum Gasteiger partial charge on any atom is -0.322 e. The average molecular weight is 271 g/mol. The van der Waals surface area contributed by atoms with Crippen LogP contribution in [0.1, 0.15) is 12.2 Å². The van der Waals surface area contributed by atoms with Crippen LogP contribution in [0.25, 0.3) is 5.82 Å². The van der Waals surface area contributed by atoms with Crippen LogP contribution in [-0.2, 0) is 4.79 Å². The summed E-state index contributed by atoms with van der Waals surface area (Å²) in [4.78, 5) is 20.4. The van der Waals surface area contributed by atoms with Crippen molar-refractivity contribution < 1.29 is 4.79 Å². The van der Waals surface area contributed by atoms with Crippen molar-refractivity contribution in [2.24, 2.45) is 5.73 Å². The third kappa shape index (κ3) is 2.92. The first-order chi connectivity index (χ1) is 9.63. The zero-order valence-corrected chi connectivity index (χ0v) is 11.3. The van der Waals surface area contributed by atoms with Gasteiger partial charge >= 0.3 is 0 Å². The van der Waals surface area contributed by atoms with E-state index >= 15 is 0 Å². The number of anilines is 1. The molecule has 1 amide bonds. The van der Waals surface area contributed by atoms with Gasteiger partial charge in [0.05, 0.1) is 11.7 Å². The Morgan fingerprint density at radius 1 is 1.55 bits per heavy atom. The fourth-order valence-electron chi connectivity index (χ4n) is 1.80. The normalized spacial score (nSPS) is 11.9. The lowest BCUT2D eigenvalue weighted by Gasteiger charge is -2.14. The summed E-state index contributed by atoms with van der Waals surface area (Å²) in [5.41, 5.74) is 6.35. The minimum atomic E-state index is -0.621.